The van der Waals surface area contributed by atoms with Crippen LogP contribution in [0.4, 0.5) is 0 Å². The van der Waals surface area contributed by atoms with E-state index in [0.29, 0.717) is 15.8 Å². The molecular weight excluding hydrogens is 408 g/mol. The maximum Gasteiger partial charge on any atom is 0.134 e. The maximum atomic E-state index is 6.25. The van der Waals surface area contributed by atoms with Gasteiger partial charge in [-0.25, -0.2) is 0 Å². The first-order valence-electron chi connectivity index (χ1n) is 5.94. The summed E-state index contributed by atoms with van der Waals surface area (Å²) in [6.45, 7) is 0. The zero-order valence-electron chi connectivity index (χ0n) is 10.2. The molecule has 0 spiro atoms. The number of rotatable bonds is 2. The molecule has 3 rings (SSSR count). The lowest BCUT2D eigenvalue weighted by atomic mass is 10.1. The zero-order valence-corrected chi connectivity index (χ0v) is 13.9. The first-order chi connectivity index (χ1) is 9.54. The lowest BCUT2D eigenvalue weighted by Crippen LogP contribution is -2.10. The Kier molecular flexibility index (Phi) is 3.95. The molecule has 102 valence electrons. The fraction of sp³-hybridized carbons (Fsp3) is 0.0667. The number of furan rings is 1. The molecule has 2 nitrogen and oxygen atoms in total. The highest BCUT2D eigenvalue weighted by Gasteiger charge is 2.15. The second-order valence-corrected chi connectivity index (χ2v) is 6.49. The Hall–Kier alpha value is -0.750. The van der Waals surface area contributed by atoms with E-state index in [9.17, 15) is 0 Å². The van der Waals surface area contributed by atoms with Gasteiger partial charge >= 0.3 is 0 Å². The largest absolute Gasteiger partial charge is 0.459 e. The first-order valence-corrected chi connectivity index (χ1v) is 7.77. The third-order valence-corrected chi connectivity index (χ3v) is 4.91. The van der Waals surface area contributed by atoms with Crippen LogP contribution < -0.4 is 5.73 Å². The van der Waals surface area contributed by atoms with Crippen LogP contribution in [0, 0.1) is 3.57 Å². The summed E-state index contributed by atoms with van der Waals surface area (Å²) < 4.78 is 6.78. The van der Waals surface area contributed by atoms with E-state index in [-0.39, 0.29) is 6.04 Å². The minimum Gasteiger partial charge on any atom is -0.459 e. The molecule has 1 aromatic heterocycles. The third-order valence-electron chi connectivity index (χ3n) is 3.11. The Balaban J connectivity index is 2.02. The highest BCUT2D eigenvalue weighted by molar-refractivity contribution is 14.1. The normalized spacial score (nSPS) is 12.8. The maximum absolute atomic E-state index is 6.25. The molecule has 2 aromatic carbocycles. The van der Waals surface area contributed by atoms with Crippen LogP contribution in [0.3, 0.4) is 0 Å². The van der Waals surface area contributed by atoms with Crippen LogP contribution in [0.5, 0.6) is 0 Å². The fourth-order valence-corrected chi connectivity index (χ4v) is 2.76. The summed E-state index contributed by atoms with van der Waals surface area (Å²) in [6, 6.07) is 12.8. The summed E-state index contributed by atoms with van der Waals surface area (Å²) >= 11 is 14.3. The number of benzene rings is 2. The number of hydrogen-bond acceptors (Lipinski definition) is 2. The predicted molar refractivity (Wildman–Crippen MR) is 91.4 cm³/mol. The third kappa shape index (κ3) is 2.68. The molecule has 0 aliphatic carbocycles. The van der Waals surface area contributed by atoms with Crippen LogP contribution in [0.25, 0.3) is 11.0 Å². The molecule has 0 fully saturated rings. The van der Waals surface area contributed by atoms with Gasteiger partial charge < -0.3 is 10.2 Å². The van der Waals surface area contributed by atoms with Crippen LogP contribution in [-0.2, 0) is 0 Å². The Morgan fingerprint density at radius 1 is 1.05 bits per heavy atom. The molecule has 0 amide bonds. The number of hydrogen-bond donors (Lipinski definition) is 1. The monoisotopic (exact) mass is 417 g/mol. The number of halogens is 3. The van der Waals surface area contributed by atoms with Crippen molar-refractivity contribution in [3.63, 3.8) is 0 Å². The van der Waals surface area contributed by atoms with Crippen molar-refractivity contribution < 1.29 is 4.42 Å². The van der Waals surface area contributed by atoms with Crippen molar-refractivity contribution in [3.05, 3.63) is 67.4 Å². The molecule has 0 bridgehead atoms. The summed E-state index contributed by atoms with van der Waals surface area (Å²) in [4.78, 5) is 0. The molecule has 0 saturated heterocycles. The summed E-state index contributed by atoms with van der Waals surface area (Å²) in [6.07, 6.45) is 0. The summed E-state index contributed by atoms with van der Waals surface area (Å²) in [5, 5.41) is 2.31. The molecule has 0 saturated carbocycles. The Morgan fingerprint density at radius 2 is 1.85 bits per heavy atom. The molecule has 2 N–H and O–H groups in total. The molecule has 20 heavy (non-hydrogen) atoms. The van der Waals surface area contributed by atoms with E-state index in [2.05, 4.69) is 22.6 Å². The second-order valence-electron chi connectivity index (χ2n) is 4.48. The Morgan fingerprint density at radius 3 is 2.60 bits per heavy atom. The Labute approximate surface area is 140 Å². The fourth-order valence-electron chi connectivity index (χ4n) is 2.06. The van der Waals surface area contributed by atoms with Crippen LogP contribution >= 0.6 is 45.8 Å². The van der Waals surface area contributed by atoms with Gasteiger partial charge in [-0.15, -0.1) is 0 Å². The van der Waals surface area contributed by atoms with Gasteiger partial charge in [-0.05, 0) is 64.6 Å². The van der Waals surface area contributed by atoms with E-state index in [1.165, 1.54) is 0 Å². The molecular formula is C15H10Cl2INO. The van der Waals surface area contributed by atoms with E-state index < -0.39 is 0 Å². The van der Waals surface area contributed by atoms with Crippen molar-refractivity contribution in [1.29, 1.82) is 0 Å². The van der Waals surface area contributed by atoms with Gasteiger partial charge in [-0.3, -0.25) is 0 Å². The lowest BCUT2D eigenvalue weighted by molar-refractivity contribution is 0.525. The SMILES string of the molecule is NC(c1ccc(I)c(Cl)c1)c1cc2cc(Cl)ccc2o1. The molecule has 0 radical (unpaired) electrons. The van der Waals surface area contributed by atoms with Crippen molar-refractivity contribution in [2.45, 2.75) is 6.04 Å². The van der Waals surface area contributed by atoms with Crippen LogP contribution in [0.1, 0.15) is 17.4 Å². The van der Waals surface area contributed by atoms with Crippen molar-refractivity contribution in [2.24, 2.45) is 5.73 Å². The summed E-state index contributed by atoms with van der Waals surface area (Å²) in [5.74, 6) is 0.694. The number of fused-ring (bicyclic) bond motifs is 1. The molecule has 5 heteroatoms. The topological polar surface area (TPSA) is 39.2 Å². The van der Waals surface area contributed by atoms with Crippen molar-refractivity contribution in [3.8, 4) is 0 Å². The van der Waals surface area contributed by atoms with E-state index in [4.69, 9.17) is 33.4 Å². The van der Waals surface area contributed by atoms with Gasteiger partial charge in [-0.2, -0.15) is 0 Å². The molecule has 1 atom stereocenters. The lowest BCUT2D eigenvalue weighted by Gasteiger charge is -2.10. The standard InChI is InChI=1S/C15H10Cl2INO/c16-10-2-4-13-9(5-10)7-14(20-13)15(19)8-1-3-12(18)11(17)6-8/h1-7,15H,19H2. The van der Waals surface area contributed by atoms with Gasteiger partial charge in [0.1, 0.15) is 11.3 Å². The molecule has 1 unspecified atom stereocenters. The minimum atomic E-state index is -0.351. The molecule has 0 aliphatic rings. The van der Waals surface area contributed by atoms with Crippen molar-refractivity contribution >= 4 is 56.8 Å². The first kappa shape index (κ1) is 14.2. The van der Waals surface area contributed by atoms with E-state index in [0.717, 1.165) is 20.1 Å². The second kappa shape index (κ2) is 5.56. The van der Waals surface area contributed by atoms with Gasteiger partial charge in [0.25, 0.3) is 0 Å². The van der Waals surface area contributed by atoms with Gasteiger partial charge in [-0.1, -0.05) is 29.3 Å². The smallest absolute Gasteiger partial charge is 0.134 e. The van der Waals surface area contributed by atoms with Gasteiger partial charge in [0.05, 0.1) is 11.1 Å². The van der Waals surface area contributed by atoms with E-state index >= 15 is 0 Å². The predicted octanol–water partition coefficient (Wildman–Crippen LogP) is 5.39. The summed E-state index contributed by atoms with van der Waals surface area (Å²) in [5.41, 5.74) is 7.94. The highest BCUT2D eigenvalue weighted by Crippen LogP contribution is 2.30. The van der Waals surface area contributed by atoms with E-state index in [1.807, 2.05) is 36.4 Å². The summed E-state index contributed by atoms with van der Waals surface area (Å²) in [7, 11) is 0. The number of nitrogens with two attached hydrogens (primary N) is 1. The van der Waals surface area contributed by atoms with Gasteiger partial charge in [0.15, 0.2) is 0 Å². The van der Waals surface area contributed by atoms with Crippen LogP contribution in [-0.4, -0.2) is 0 Å². The molecule has 3 aromatic rings. The minimum absolute atomic E-state index is 0.351. The van der Waals surface area contributed by atoms with Crippen LogP contribution in [0.2, 0.25) is 10.0 Å². The zero-order chi connectivity index (χ0) is 14.3. The van der Waals surface area contributed by atoms with Crippen molar-refractivity contribution in [1.82, 2.24) is 0 Å². The molecule has 1 heterocycles. The average molecular weight is 418 g/mol. The quantitative estimate of drug-likeness (QED) is 0.567. The van der Waals surface area contributed by atoms with Crippen LogP contribution in [0.15, 0.2) is 46.9 Å². The Bertz CT molecular complexity index is 785. The van der Waals surface area contributed by atoms with Gasteiger partial charge in [0.2, 0.25) is 0 Å². The van der Waals surface area contributed by atoms with E-state index in [1.54, 1.807) is 6.07 Å². The highest BCUT2D eigenvalue weighted by atomic mass is 127. The van der Waals surface area contributed by atoms with Gasteiger partial charge in [0, 0.05) is 14.0 Å². The van der Waals surface area contributed by atoms with Crippen molar-refractivity contribution in [2.75, 3.05) is 0 Å². The average Bonchev–Trinajstić information content (AvgIpc) is 2.84. The molecule has 0 aliphatic heterocycles.